The van der Waals surface area contributed by atoms with E-state index in [1.54, 1.807) is 6.08 Å². The molecule has 0 aliphatic rings. The van der Waals surface area contributed by atoms with Gasteiger partial charge in [-0.05, 0) is 61.5 Å². The van der Waals surface area contributed by atoms with Crippen LogP contribution in [0.2, 0.25) is 0 Å². The van der Waals surface area contributed by atoms with E-state index in [0.29, 0.717) is 13.2 Å². The van der Waals surface area contributed by atoms with Crippen molar-refractivity contribution in [3.8, 4) is 11.5 Å². The van der Waals surface area contributed by atoms with Crippen LogP contribution in [-0.2, 0) is 4.79 Å². The first-order chi connectivity index (χ1) is 14.6. The van der Waals surface area contributed by atoms with Crippen molar-refractivity contribution >= 4 is 35.0 Å². The number of anilines is 1. The maximum atomic E-state index is 12.1. The fourth-order valence-electron chi connectivity index (χ4n) is 2.71. The number of carbonyl (C=O) groups excluding carboxylic acids is 1. The minimum absolute atomic E-state index is 0.233. The maximum absolute atomic E-state index is 12.1. The number of benzene rings is 2. The third kappa shape index (κ3) is 9.09. The van der Waals surface area contributed by atoms with Gasteiger partial charge in [0.1, 0.15) is 11.5 Å². The first kappa shape index (κ1) is 23.4. The van der Waals surface area contributed by atoms with Gasteiger partial charge in [0.05, 0.1) is 13.2 Å². The monoisotopic (exact) mass is 426 g/mol. The van der Waals surface area contributed by atoms with Crippen molar-refractivity contribution in [1.29, 1.82) is 0 Å². The molecular weight excluding hydrogens is 396 g/mol. The molecule has 0 heterocycles. The van der Waals surface area contributed by atoms with Gasteiger partial charge in [0.2, 0.25) is 5.91 Å². The number of ether oxygens (including phenoxy) is 2. The van der Waals surface area contributed by atoms with E-state index >= 15 is 0 Å². The molecule has 2 aromatic carbocycles. The highest BCUT2D eigenvalue weighted by atomic mass is 32.1. The number of unbranched alkanes of at least 4 members (excludes halogenated alkanes) is 3. The van der Waals surface area contributed by atoms with Crippen LogP contribution in [0.4, 0.5) is 5.69 Å². The zero-order chi connectivity index (χ0) is 21.6. The van der Waals surface area contributed by atoms with Crippen LogP contribution in [0.3, 0.4) is 0 Å². The van der Waals surface area contributed by atoms with Gasteiger partial charge < -0.3 is 14.8 Å². The standard InChI is InChI=1S/C24H30N2O3S/c1-3-5-6-7-17-29-22-10-8-9-20(18-22)25-24(30)26-23(27)16-13-19-11-14-21(15-12-19)28-4-2/h8-16,18H,3-7,17H2,1-2H3,(H2,25,26,27,30)/b16-13+. The molecule has 0 aromatic heterocycles. The quantitative estimate of drug-likeness (QED) is 0.279. The predicted octanol–water partition coefficient (Wildman–Crippen LogP) is 5.57. The summed E-state index contributed by atoms with van der Waals surface area (Å²) < 4.78 is 11.2. The smallest absolute Gasteiger partial charge is 0.250 e. The van der Waals surface area contributed by atoms with Gasteiger partial charge in [-0.3, -0.25) is 10.1 Å². The van der Waals surface area contributed by atoms with Crippen molar-refractivity contribution in [3.05, 3.63) is 60.2 Å². The summed E-state index contributed by atoms with van der Waals surface area (Å²) in [6.07, 6.45) is 7.82. The van der Waals surface area contributed by atoms with Crippen molar-refractivity contribution in [2.45, 2.75) is 39.5 Å². The fraction of sp³-hybridized carbons (Fsp3) is 0.333. The Morgan fingerprint density at radius 2 is 1.80 bits per heavy atom. The summed E-state index contributed by atoms with van der Waals surface area (Å²) in [6, 6.07) is 15.1. The summed E-state index contributed by atoms with van der Waals surface area (Å²) in [4.78, 5) is 12.1. The minimum atomic E-state index is -0.301. The summed E-state index contributed by atoms with van der Waals surface area (Å²) >= 11 is 5.23. The predicted molar refractivity (Wildman–Crippen MR) is 127 cm³/mol. The largest absolute Gasteiger partial charge is 0.494 e. The Labute approximate surface area is 184 Å². The summed E-state index contributed by atoms with van der Waals surface area (Å²) in [5, 5.41) is 5.89. The van der Waals surface area contributed by atoms with Crippen LogP contribution in [0.25, 0.3) is 6.08 Å². The van der Waals surface area contributed by atoms with E-state index in [9.17, 15) is 4.79 Å². The normalized spacial score (nSPS) is 10.6. The first-order valence-corrected chi connectivity index (χ1v) is 10.8. The lowest BCUT2D eigenvalue weighted by atomic mass is 10.2. The molecule has 6 heteroatoms. The van der Waals surface area contributed by atoms with Crippen LogP contribution >= 0.6 is 12.2 Å². The molecular formula is C24H30N2O3S. The highest BCUT2D eigenvalue weighted by Gasteiger charge is 2.03. The molecule has 0 saturated heterocycles. The number of thiocarbonyl (C=S) groups is 1. The van der Waals surface area contributed by atoms with Gasteiger partial charge in [0, 0.05) is 17.8 Å². The number of carbonyl (C=O) groups is 1. The van der Waals surface area contributed by atoms with Gasteiger partial charge in [-0.1, -0.05) is 44.4 Å². The molecule has 0 radical (unpaired) electrons. The molecule has 160 valence electrons. The number of amides is 1. The Kier molecular flexibility index (Phi) is 10.4. The average Bonchev–Trinajstić information content (AvgIpc) is 2.73. The lowest BCUT2D eigenvalue weighted by Gasteiger charge is -2.11. The SMILES string of the molecule is CCCCCCOc1cccc(NC(=S)NC(=O)/C=C/c2ccc(OCC)cc2)c1. The van der Waals surface area contributed by atoms with Gasteiger partial charge in [0.15, 0.2) is 5.11 Å². The molecule has 2 N–H and O–H groups in total. The second-order valence-electron chi connectivity index (χ2n) is 6.72. The van der Waals surface area contributed by atoms with E-state index in [0.717, 1.165) is 29.2 Å². The Balaban J connectivity index is 1.79. The second kappa shape index (κ2) is 13.4. The molecule has 0 unspecified atom stereocenters. The highest BCUT2D eigenvalue weighted by molar-refractivity contribution is 7.80. The summed E-state index contributed by atoms with van der Waals surface area (Å²) in [5.41, 5.74) is 1.66. The zero-order valence-electron chi connectivity index (χ0n) is 17.6. The van der Waals surface area contributed by atoms with Crippen LogP contribution in [0.5, 0.6) is 11.5 Å². The Bertz CT molecular complexity index is 835. The first-order valence-electron chi connectivity index (χ1n) is 10.4. The molecule has 1 amide bonds. The van der Waals surface area contributed by atoms with Gasteiger partial charge in [-0.15, -0.1) is 0 Å². The molecule has 0 bridgehead atoms. The third-order valence-electron chi connectivity index (χ3n) is 4.21. The lowest BCUT2D eigenvalue weighted by Crippen LogP contribution is -2.32. The van der Waals surface area contributed by atoms with E-state index in [1.807, 2.05) is 55.5 Å². The highest BCUT2D eigenvalue weighted by Crippen LogP contribution is 2.18. The van der Waals surface area contributed by atoms with Crippen LogP contribution in [-0.4, -0.2) is 24.2 Å². The average molecular weight is 427 g/mol. The number of hydrogen-bond donors (Lipinski definition) is 2. The molecule has 0 aliphatic carbocycles. The molecule has 30 heavy (non-hydrogen) atoms. The van der Waals surface area contributed by atoms with Crippen molar-refractivity contribution < 1.29 is 14.3 Å². The maximum Gasteiger partial charge on any atom is 0.250 e. The van der Waals surface area contributed by atoms with Crippen molar-refractivity contribution in [2.75, 3.05) is 18.5 Å². The van der Waals surface area contributed by atoms with Crippen LogP contribution in [0.1, 0.15) is 45.1 Å². The summed E-state index contributed by atoms with van der Waals surface area (Å²) in [6.45, 7) is 5.44. The van der Waals surface area contributed by atoms with Gasteiger partial charge in [0.25, 0.3) is 0 Å². The number of hydrogen-bond acceptors (Lipinski definition) is 4. The fourth-order valence-corrected chi connectivity index (χ4v) is 2.93. The molecule has 2 rings (SSSR count). The molecule has 0 aliphatic heterocycles. The summed E-state index contributed by atoms with van der Waals surface area (Å²) in [5.74, 6) is 1.28. The van der Waals surface area contributed by atoms with Crippen LogP contribution in [0, 0.1) is 0 Å². The Morgan fingerprint density at radius 3 is 2.53 bits per heavy atom. The van der Waals surface area contributed by atoms with Crippen molar-refractivity contribution in [2.24, 2.45) is 0 Å². The van der Waals surface area contributed by atoms with Crippen molar-refractivity contribution in [1.82, 2.24) is 5.32 Å². The number of rotatable bonds is 11. The number of nitrogens with one attached hydrogen (secondary N) is 2. The molecule has 0 spiro atoms. The topological polar surface area (TPSA) is 59.6 Å². The van der Waals surface area contributed by atoms with E-state index in [2.05, 4.69) is 17.6 Å². The second-order valence-corrected chi connectivity index (χ2v) is 7.12. The molecule has 0 saturated carbocycles. The van der Waals surface area contributed by atoms with E-state index < -0.39 is 0 Å². The van der Waals surface area contributed by atoms with Crippen molar-refractivity contribution in [3.63, 3.8) is 0 Å². The van der Waals surface area contributed by atoms with Crippen LogP contribution < -0.4 is 20.1 Å². The van der Waals surface area contributed by atoms with E-state index in [-0.39, 0.29) is 11.0 Å². The molecule has 2 aromatic rings. The van der Waals surface area contributed by atoms with E-state index in [4.69, 9.17) is 21.7 Å². The van der Waals surface area contributed by atoms with E-state index in [1.165, 1.54) is 25.3 Å². The molecule has 0 fully saturated rings. The molecule has 5 nitrogen and oxygen atoms in total. The molecule has 0 atom stereocenters. The summed E-state index contributed by atoms with van der Waals surface area (Å²) in [7, 11) is 0. The van der Waals surface area contributed by atoms with Gasteiger partial charge in [-0.25, -0.2) is 0 Å². The Hall–Kier alpha value is -2.86. The van der Waals surface area contributed by atoms with Gasteiger partial charge in [-0.2, -0.15) is 0 Å². The lowest BCUT2D eigenvalue weighted by molar-refractivity contribution is -0.115. The van der Waals surface area contributed by atoms with Gasteiger partial charge >= 0.3 is 0 Å². The van der Waals surface area contributed by atoms with Crippen LogP contribution in [0.15, 0.2) is 54.6 Å². The third-order valence-corrected chi connectivity index (χ3v) is 4.42. The minimum Gasteiger partial charge on any atom is -0.494 e. The zero-order valence-corrected chi connectivity index (χ0v) is 18.5. The Morgan fingerprint density at radius 1 is 1.00 bits per heavy atom.